The Labute approximate surface area is 98.0 Å². The van der Waals surface area contributed by atoms with Crippen LogP contribution in [0.25, 0.3) is 0 Å². The Bertz CT molecular complexity index is 468. The van der Waals surface area contributed by atoms with E-state index in [0.29, 0.717) is 11.6 Å². The molecule has 1 fully saturated rings. The van der Waals surface area contributed by atoms with Crippen molar-refractivity contribution >= 4 is 23.5 Å². The molecule has 2 rings (SSSR count). The van der Waals surface area contributed by atoms with E-state index in [-0.39, 0.29) is 18.4 Å². The van der Waals surface area contributed by atoms with Gasteiger partial charge in [0.15, 0.2) is 0 Å². The lowest BCUT2D eigenvalue weighted by molar-refractivity contribution is -0.135. The first-order valence-electron chi connectivity index (χ1n) is 5.10. The first-order chi connectivity index (χ1) is 7.91. The van der Waals surface area contributed by atoms with Crippen LogP contribution in [-0.2, 0) is 9.59 Å². The van der Waals surface area contributed by atoms with E-state index >= 15 is 0 Å². The number of hydrogen-bond acceptors (Lipinski definition) is 6. The fourth-order valence-corrected chi connectivity index (χ4v) is 1.57. The Balaban J connectivity index is 2.38. The van der Waals surface area contributed by atoms with Crippen LogP contribution in [0.2, 0.25) is 0 Å². The summed E-state index contributed by atoms with van der Waals surface area (Å²) in [6, 6.07) is 0. The first kappa shape index (κ1) is 11.3. The molecule has 1 aromatic heterocycles. The number of imide groups is 1. The molecule has 0 saturated carbocycles. The van der Waals surface area contributed by atoms with Crippen LogP contribution in [0.1, 0.15) is 13.8 Å². The molecular formula is C10H13N5O2. The van der Waals surface area contributed by atoms with Crippen molar-refractivity contribution in [2.75, 3.05) is 17.2 Å². The maximum absolute atomic E-state index is 11.7. The molecule has 7 nitrogen and oxygen atoms in total. The molecule has 90 valence electrons. The minimum atomic E-state index is -0.871. The quantitative estimate of drug-likeness (QED) is 0.624. The molecule has 1 aromatic rings. The van der Waals surface area contributed by atoms with Gasteiger partial charge in [0.05, 0.1) is 18.1 Å². The maximum Gasteiger partial charge on any atom is 0.252 e. The number of nitrogens with one attached hydrogen (secondary N) is 1. The molecule has 2 amide bonds. The Kier molecular flexibility index (Phi) is 2.45. The van der Waals surface area contributed by atoms with Crippen molar-refractivity contribution in [1.82, 2.24) is 15.3 Å². The average Bonchev–Trinajstić information content (AvgIpc) is 2.25. The van der Waals surface area contributed by atoms with Gasteiger partial charge < -0.3 is 10.6 Å². The van der Waals surface area contributed by atoms with Crippen molar-refractivity contribution in [2.45, 2.75) is 19.4 Å². The number of hydrogen-bond donors (Lipinski definition) is 2. The van der Waals surface area contributed by atoms with Gasteiger partial charge in [-0.05, 0) is 13.8 Å². The summed E-state index contributed by atoms with van der Waals surface area (Å²) in [5.74, 6) is -0.420. The van der Waals surface area contributed by atoms with Gasteiger partial charge in [0.25, 0.3) is 5.91 Å². The smallest absolute Gasteiger partial charge is 0.252 e. The summed E-state index contributed by atoms with van der Waals surface area (Å²) in [6.45, 7) is 3.45. The van der Waals surface area contributed by atoms with E-state index < -0.39 is 5.54 Å². The molecule has 0 radical (unpaired) electrons. The molecule has 2 heterocycles. The number of piperazine rings is 1. The second-order valence-corrected chi connectivity index (χ2v) is 4.34. The third-order valence-corrected chi connectivity index (χ3v) is 2.68. The van der Waals surface area contributed by atoms with Gasteiger partial charge in [0, 0.05) is 0 Å². The number of aromatic nitrogens is 2. The zero-order chi connectivity index (χ0) is 12.6. The van der Waals surface area contributed by atoms with Crippen LogP contribution in [0.5, 0.6) is 0 Å². The van der Waals surface area contributed by atoms with Crippen molar-refractivity contribution in [2.24, 2.45) is 0 Å². The highest BCUT2D eigenvalue weighted by molar-refractivity contribution is 6.06. The summed E-state index contributed by atoms with van der Waals surface area (Å²) < 4.78 is 0. The van der Waals surface area contributed by atoms with E-state index in [1.807, 2.05) is 0 Å². The SMILES string of the molecule is CC1(C)C(=O)NC(=O)CN1c1ncc(N)cn1. The molecule has 0 aliphatic carbocycles. The number of carbonyl (C=O) groups excluding carboxylic acids is 2. The molecule has 0 spiro atoms. The highest BCUT2D eigenvalue weighted by Gasteiger charge is 2.42. The highest BCUT2D eigenvalue weighted by Crippen LogP contribution is 2.23. The van der Waals surface area contributed by atoms with Crippen LogP contribution >= 0.6 is 0 Å². The lowest BCUT2D eigenvalue weighted by Gasteiger charge is -2.39. The summed E-state index contributed by atoms with van der Waals surface area (Å²) in [4.78, 5) is 32.7. The van der Waals surface area contributed by atoms with Gasteiger partial charge in [0.1, 0.15) is 12.1 Å². The monoisotopic (exact) mass is 235 g/mol. The van der Waals surface area contributed by atoms with Gasteiger partial charge in [-0.1, -0.05) is 0 Å². The van der Waals surface area contributed by atoms with Gasteiger partial charge in [0.2, 0.25) is 11.9 Å². The lowest BCUT2D eigenvalue weighted by atomic mass is 9.99. The van der Waals surface area contributed by atoms with Crippen LogP contribution in [0, 0.1) is 0 Å². The summed E-state index contributed by atoms with van der Waals surface area (Å²) in [7, 11) is 0. The summed E-state index contributed by atoms with van der Waals surface area (Å²) in [5, 5.41) is 2.28. The van der Waals surface area contributed by atoms with Crippen molar-refractivity contribution in [1.29, 1.82) is 0 Å². The standard InChI is InChI=1S/C10H13N5O2/c1-10(2)8(17)14-7(16)5-15(10)9-12-3-6(11)4-13-9/h3-4H,5,11H2,1-2H3,(H,14,16,17). The minimum absolute atomic E-state index is 0.0443. The number of amides is 2. The molecule has 0 bridgehead atoms. The van der Waals surface area contributed by atoms with E-state index in [9.17, 15) is 9.59 Å². The van der Waals surface area contributed by atoms with Crippen LogP contribution in [0.3, 0.4) is 0 Å². The predicted molar refractivity (Wildman–Crippen MR) is 61.0 cm³/mol. The fraction of sp³-hybridized carbons (Fsp3) is 0.400. The van der Waals surface area contributed by atoms with E-state index in [4.69, 9.17) is 5.73 Å². The van der Waals surface area contributed by atoms with Gasteiger partial charge in [-0.2, -0.15) is 0 Å². The van der Waals surface area contributed by atoms with Gasteiger partial charge in [-0.15, -0.1) is 0 Å². The van der Waals surface area contributed by atoms with Gasteiger partial charge in [-0.3, -0.25) is 14.9 Å². The zero-order valence-electron chi connectivity index (χ0n) is 9.60. The Morgan fingerprint density at radius 3 is 2.53 bits per heavy atom. The number of anilines is 2. The molecule has 1 saturated heterocycles. The number of carbonyl (C=O) groups is 2. The van der Waals surface area contributed by atoms with Crippen molar-refractivity contribution in [3.8, 4) is 0 Å². The van der Waals surface area contributed by atoms with Gasteiger partial charge in [-0.25, -0.2) is 9.97 Å². The second kappa shape index (κ2) is 3.69. The van der Waals surface area contributed by atoms with Crippen LogP contribution in [0.4, 0.5) is 11.6 Å². The molecule has 1 aliphatic rings. The lowest BCUT2D eigenvalue weighted by Crippen LogP contribution is -2.64. The zero-order valence-corrected chi connectivity index (χ0v) is 9.60. The molecule has 7 heteroatoms. The van der Waals surface area contributed by atoms with Crippen molar-refractivity contribution < 1.29 is 9.59 Å². The summed E-state index contributed by atoms with van der Waals surface area (Å²) in [5.41, 5.74) is 5.05. The highest BCUT2D eigenvalue weighted by atomic mass is 16.2. The van der Waals surface area contributed by atoms with Crippen molar-refractivity contribution in [3.05, 3.63) is 12.4 Å². The summed E-state index contributed by atoms with van der Waals surface area (Å²) >= 11 is 0. The minimum Gasteiger partial charge on any atom is -0.396 e. The molecule has 0 atom stereocenters. The topological polar surface area (TPSA) is 101 Å². The van der Waals surface area contributed by atoms with Crippen LogP contribution in [-0.4, -0.2) is 33.9 Å². The first-order valence-corrected chi connectivity index (χ1v) is 5.10. The molecule has 3 N–H and O–H groups in total. The molecule has 0 aromatic carbocycles. The van der Waals surface area contributed by atoms with Crippen LogP contribution in [0.15, 0.2) is 12.4 Å². The van der Waals surface area contributed by atoms with Crippen LogP contribution < -0.4 is 16.0 Å². The number of nitrogens with zero attached hydrogens (tertiary/aromatic N) is 3. The number of rotatable bonds is 1. The Hall–Kier alpha value is -2.18. The summed E-state index contributed by atoms with van der Waals surface area (Å²) in [6.07, 6.45) is 2.88. The largest absolute Gasteiger partial charge is 0.396 e. The molecule has 17 heavy (non-hydrogen) atoms. The molecule has 0 unspecified atom stereocenters. The third-order valence-electron chi connectivity index (χ3n) is 2.68. The van der Waals surface area contributed by atoms with E-state index in [1.165, 1.54) is 12.4 Å². The van der Waals surface area contributed by atoms with E-state index in [2.05, 4.69) is 15.3 Å². The fourth-order valence-electron chi connectivity index (χ4n) is 1.57. The third kappa shape index (κ3) is 1.91. The normalized spacial score (nSPS) is 19.1. The van der Waals surface area contributed by atoms with Crippen molar-refractivity contribution in [3.63, 3.8) is 0 Å². The molecular weight excluding hydrogens is 222 g/mol. The predicted octanol–water partition coefficient (Wildman–Crippen LogP) is -0.700. The number of nitrogen functional groups attached to an aromatic ring is 1. The second-order valence-electron chi connectivity index (χ2n) is 4.34. The molecule has 1 aliphatic heterocycles. The number of nitrogens with two attached hydrogens (primary N) is 1. The Morgan fingerprint density at radius 2 is 1.94 bits per heavy atom. The average molecular weight is 235 g/mol. The van der Waals surface area contributed by atoms with Gasteiger partial charge >= 0.3 is 0 Å². The maximum atomic E-state index is 11.7. The van der Waals surface area contributed by atoms with E-state index in [0.717, 1.165) is 0 Å². The Morgan fingerprint density at radius 1 is 1.35 bits per heavy atom. The van der Waals surface area contributed by atoms with E-state index in [1.54, 1.807) is 18.7 Å².